The van der Waals surface area contributed by atoms with E-state index in [1.165, 1.54) is 6.33 Å². The molecular weight excluding hydrogens is 276 g/mol. The molecule has 0 aromatic carbocycles. The van der Waals surface area contributed by atoms with E-state index in [0.717, 1.165) is 17.8 Å². The van der Waals surface area contributed by atoms with Crippen LogP contribution in [0.5, 0.6) is 0 Å². The first-order valence-electron chi connectivity index (χ1n) is 6.42. The first kappa shape index (κ1) is 14.7. The number of carbonyl (C=O) groups is 1. The third kappa shape index (κ3) is 2.75. The van der Waals surface area contributed by atoms with E-state index in [-0.39, 0.29) is 15.9 Å². The lowest BCUT2D eigenvalue weighted by atomic mass is 9.92. The molecule has 0 bridgehead atoms. The number of aryl methyl sites for hydroxylation is 2. The molecule has 2 aromatic rings. The molecule has 5 nitrogen and oxygen atoms in total. The van der Waals surface area contributed by atoms with Crippen molar-refractivity contribution >= 4 is 27.5 Å². The first-order chi connectivity index (χ1) is 9.20. The van der Waals surface area contributed by atoms with Crippen molar-refractivity contribution in [3.63, 3.8) is 0 Å². The number of carboxylic acid groups (broad SMARTS) is 1. The van der Waals surface area contributed by atoms with Crippen LogP contribution < -0.4 is 5.56 Å². The zero-order chi connectivity index (χ0) is 15.1. The van der Waals surface area contributed by atoms with Crippen LogP contribution in [-0.4, -0.2) is 20.6 Å². The van der Waals surface area contributed by atoms with Gasteiger partial charge in [0.15, 0.2) is 0 Å². The number of fused-ring (bicyclic) bond motifs is 1. The Morgan fingerprint density at radius 1 is 1.45 bits per heavy atom. The zero-order valence-corrected chi connectivity index (χ0v) is 12.9. The molecule has 0 aliphatic carbocycles. The normalized spacial score (nSPS) is 12.0. The van der Waals surface area contributed by atoms with Gasteiger partial charge in [0, 0.05) is 6.54 Å². The van der Waals surface area contributed by atoms with Crippen LogP contribution in [0.1, 0.15) is 42.4 Å². The second-order valence-corrected chi connectivity index (χ2v) is 7.09. The van der Waals surface area contributed by atoms with Crippen molar-refractivity contribution in [3.05, 3.63) is 27.1 Å². The number of hydrogen-bond donors (Lipinski definition) is 1. The van der Waals surface area contributed by atoms with E-state index in [4.69, 9.17) is 5.11 Å². The molecule has 0 radical (unpaired) electrons. The molecule has 2 rings (SSSR count). The average Bonchev–Trinajstić information content (AvgIpc) is 2.65. The Kier molecular flexibility index (Phi) is 3.69. The lowest BCUT2D eigenvalue weighted by Gasteiger charge is -2.18. The van der Waals surface area contributed by atoms with Gasteiger partial charge < -0.3 is 5.11 Å². The van der Waals surface area contributed by atoms with E-state index in [0.29, 0.717) is 22.3 Å². The Morgan fingerprint density at radius 3 is 2.65 bits per heavy atom. The molecule has 0 saturated heterocycles. The van der Waals surface area contributed by atoms with Crippen molar-refractivity contribution in [2.24, 2.45) is 5.41 Å². The summed E-state index contributed by atoms with van der Waals surface area (Å²) in [5.41, 5.74) is 0.491. The molecule has 1 N–H and O–H groups in total. The summed E-state index contributed by atoms with van der Waals surface area (Å²) in [7, 11) is 0. The fourth-order valence-electron chi connectivity index (χ4n) is 1.98. The van der Waals surface area contributed by atoms with E-state index >= 15 is 0 Å². The Labute approximate surface area is 120 Å². The predicted molar refractivity (Wildman–Crippen MR) is 79.6 cm³/mol. The molecule has 0 unspecified atom stereocenters. The van der Waals surface area contributed by atoms with Gasteiger partial charge in [-0.05, 0) is 24.3 Å². The van der Waals surface area contributed by atoms with E-state index < -0.39 is 5.97 Å². The summed E-state index contributed by atoms with van der Waals surface area (Å²) in [5.74, 6) is -1.01. The highest BCUT2D eigenvalue weighted by Gasteiger charge is 2.19. The third-order valence-corrected chi connectivity index (χ3v) is 4.40. The first-order valence-corrected chi connectivity index (χ1v) is 7.24. The smallest absolute Gasteiger partial charge is 0.346 e. The summed E-state index contributed by atoms with van der Waals surface area (Å²) in [5, 5.41) is 9.54. The van der Waals surface area contributed by atoms with Crippen LogP contribution in [-0.2, 0) is 6.54 Å². The van der Waals surface area contributed by atoms with Crippen LogP contribution in [0.2, 0.25) is 0 Å². The van der Waals surface area contributed by atoms with Crippen molar-refractivity contribution in [1.82, 2.24) is 9.55 Å². The molecule has 0 fully saturated rings. The summed E-state index contributed by atoms with van der Waals surface area (Å²) in [6.45, 7) is 8.59. The Bertz CT molecular complexity index is 722. The summed E-state index contributed by atoms with van der Waals surface area (Å²) in [4.78, 5) is 28.5. The van der Waals surface area contributed by atoms with Gasteiger partial charge in [0.25, 0.3) is 5.56 Å². The van der Waals surface area contributed by atoms with Crippen LogP contribution in [0.3, 0.4) is 0 Å². The maximum absolute atomic E-state index is 12.4. The second-order valence-electron chi connectivity index (χ2n) is 6.10. The van der Waals surface area contributed by atoms with Gasteiger partial charge in [-0.3, -0.25) is 9.36 Å². The van der Waals surface area contributed by atoms with Gasteiger partial charge in [-0.25, -0.2) is 9.78 Å². The number of nitrogens with zero attached hydrogens (tertiary/aromatic N) is 2. The van der Waals surface area contributed by atoms with Crippen LogP contribution in [0.4, 0.5) is 0 Å². The van der Waals surface area contributed by atoms with Crippen LogP contribution >= 0.6 is 11.3 Å². The molecule has 0 amide bonds. The Morgan fingerprint density at radius 2 is 2.10 bits per heavy atom. The maximum atomic E-state index is 12.4. The highest BCUT2D eigenvalue weighted by Crippen LogP contribution is 2.27. The summed E-state index contributed by atoms with van der Waals surface area (Å²) < 4.78 is 1.57. The third-order valence-electron chi connectivity index (χ3n) is 3.21. The highest BCUT2D eigenvalue weighted by molar-refractivity contribution is 7.20. The molecule has 108 valence electrons. The minimum atomic E-state index is -1.01. The molecule has 0 saturated carbocycles. The predicted octanol–water partition coefficient (Wildman–Crippen LogP) is 2.90. The number of rotatable bonds is 3. The molecule has 2 aromatic heterocycles. The number of aromatic carboxylic acids is 1. The zero-order valence-electron chi connectivity index (χ0n) is 12.1. The monoisotopic (exact) mass is 294 g/mol. The minimum absolute atomic E-state index is 0.129. The largest absolute Gasteiger partial charge is 0.477 e. The van der Waals surface area contributed by atoms with Crippen molar-refractivity contribution < 1.29 is 9.90 Å². The van der Waals surface area contributed by atoms with E-state index in [2.05, 4.69) is 25.8 Å². The van der Waals surface area contributed by atoms with Crippen LogP contribution in [0.15, 0.2) is 11.1 Å². The molecular formula is C14H18N2O3S. The van der Waals surface area contributed by atoms with Crippen LogP contribution in [0, 0.1) is 12.3 Å². The topological polar surface area (TPSA) is 72.2 Å². The van der Waals surface area contributed by atoms with Crippen molar-refractivity contribution in [2.75, 3.05) is 0 Å². The van der Waals surface area contributed by atoms with Crippen molar-refractivity contribution in [3.8, 4) is 0 Å². The highest BCUT2D eigenvalue weighted by atomic mass is 32.1. The van der Waals surface area contributed by atoms with Crippen LogP contribution in [0.25, 0.3) is 10.2 Å². The maximum Gasteiger partial charge on any atom is 0.346 e. The molecule has 20 heavy (non-hydrogen) atoms. The lowest BCUT2D eigenvalue weighted by molar-refractivity contribution is 0.0701. The standard InChI is InChI=1S/C14H18N2O3S/c1-8-9-11(20-10(8)13(18)19)15-7-16(12(9)17)6-5-14(2,3)4/h7H,5-6H2,1-4H3,(H,18,19). The molecule has 6 heteroatoms. The Hall–Kier alpha value is -1.69. The summed E-state index contributed by atoms with van der Waals surface area (Å²) in [6.07, 6.45) is 2.37. The van der Waals surface area contributed by atoms with E-state index in [1.54, 1.807) is 11.5 Å². The van der Waals surface area contributed by atoms with Gasteiger partial charge in [-0.15, -0.1) is 11.3 Å². The van der Waals surface area contributed by atoms with Crippen molar-refractivity contribution in [1.29, 1.82) is 0 Å². The van der Waals surface area contributed by atoms with Gasteiger partial charge in [0.2, 0.25) is 0 Å². The minimum Gasteiger partial charge on any atom is -0.477 e. The summed E-state index contributed by atoms with van der Waals surface area (Å²) >= 11 is 1.05. The SMILES string of the molecule is Cc1c(C(=O)O)sc2ncn(CCC(C)(C)C)c(=O)c12. The average molecular weight is 294 g/mol. The number of hydrogen-bond acceptors (Lipinski definition) is 4. The number of thiophene rings is 1. The lowest BCUT2D eigenvalue weighted by Crippen LogP contribution is -2.23. The molecule has 0 aliphatic heterocycles. The Balaban J connectivity index is 2.51. The van der Waals surface area contributed by atoms with Gasteiger partial charge in [0.1, 0.15) is 9.71 Å². The van der Waals surface area contributed by atoms with Gasteiger partial charge >= 0.3 is 5.97 Å². The summed E-state index contributed by atoms with van der Waals surface area (Å²) in [6, 6.07) is 0. The fourth-order valence-corrected chi connectivity index (χ4v) is 2.96. The van der Waals surface area contributed by atoms with E-state index in [1.807, 2.05) is 0 Å². The van der Waals surface area contributed by atoms with Gasteiger partial charge in [0.05, 0.1) is 11.7 Å². The van der Waals surface area contributed by atoms with Gasteiger partial charge in [-0.1, -0.05) is 20.8 Å². The number of carboxylic acids is 1. The van der Waals surface area contributed by atoms with E-state index in [9.17, 15) is 9.59 Å². The number of aromatic nitrogens is 2. The molecule has 2 heterocycles. The molecule has 0 atom stereocenters. The van der Waals surface area contributed by atoms with Gasteiger partial charge in [-0.2, -0.15) is 0 Å². The second kappa shape index (κ2) is 5.01. The van der Waals surface area contributed by atoms with Crippen molar-refractivity contribution in [2.45, 2.75) is 40.7 Å². The molecule has 0 aliphatic rings. The fraction of sp³-hybridized carbons (Fsp3) is 0.500. The molecule has 0 spiro atoms. The quantitative estimate of drug-likeness (QED) is 0.944.